The molecule has 1 aromatic rings. The van der Waals surface area contributed by atoms with Gasteiger partial charge in [0.25, 0.3) is 0 Å². The minimum Gasteiger partial charge on any atom is -0.319 e. The van der Waals surface area contributed by atoms with E-state index in [1.54, 1.807) is 30.3 Å². The Morgan fingerprint density at radius 3 is 2.37 bits per heavy atom. The normalized spacial score (nSPS) is 19.8. The van der Waals surface area contributed by atoms with Crippen LogP contribution < -0.4 is 4.90 Å². The molecule has 1 N–H and O–H groups in total. The molecule has 102 valence electrons. The Labute approximate surface area is 114 Å². The van der Waals surface area contributed by atoms with E-state index in [1.807, 2.05) is 6.92 Å². The average molecular weight is 280 g/mol. The van der Waals surface area contributed by atoms with E-state index >= 15 is 0 Å². The van der Waals surface area contributed by atoms with E-state index in [4.69, 9.17) is 5.26 Å². The van der Waals surface area contributed by atoms with E-state index in [0.29, 0.717) is 31.1 Å². The molecule has 1 aliphatic heterocycles. The highest BCUT2D eigenvalue weighted by molar-refractivity contribution is 7.89. The number of quaternary nitrogens is 1. The highest BCUT2D eigenvalue weighted by atomic mass is 32.2. The minimum absolute atomic E-state index is 0.0819. The van der Waals surface area contributed by atoms with Crippen LogP contribution in [0.1, 0.15) is 6.92 Å². The van der Waals surface area contributed by atoms with Gasteiger partial charge in [0.1, 0.15) is 6.07 Å². The Morgan fingerprint density at radius 2 is 1.84 bits per heavy atom. The summed E-state index contributed by atoms with van der Waals surface area (Å²) < 4.78 is 26.3. The van der Waals surface area contributed by atoms with Gasteiger partial charge in [-0.2, -0.15) is 9.57 Å². The summed E-state index contributed by atoms with van der Waals surface area (Å²) in [6.45, 7) is 4.18. The highest BCUT2D eigenvalue weighted by Gasteiger charge is 2.31. The third kappa shape index (κ3) is 2.95. The van der Waals surface area contributed by atoms with Crippen molar-refractivity contribution < 1.29 is 13.3 Å². The van der Waals surface area contributed by atoms with Crippen molar-refractivity contribution in [3.63, 3.8) is 0 Å². The number of nitrogens with zero attached hydrogens (tertiary/aromatic N) is 2. The summed E-state index contributed by atoms with van der Waals surface area (Å²) in [5.74, 6) is 0. The van der Waals surface area contributed by atoms with Crippen LogP contribution in [-0.2, 0) is 10.0 Å². The lowest BCUT2D eigenvalue weighted by Gasteiger charge is -2.32. The summed E-state index contributed by atoms with van der Waals surface area (Å²) in [4.78, 5) is 1.49. The van der Waals surface area contributed by atoms with Crippen LogP contribution >= 0.6 is 0 Å². The topological polar surface area (TPSA) is 65.6 Å². The summed E-state index contributed by atoms with van der Waals surface area (Å²) in [7, 11) is -3.38. The Balaban J connectivity index is 2.08. The zero-order valence-electron chi connectivity index (χ0n) is 10.9. The minimum atomic E-state index is -3.38. The van der Waals surface area contributed by atoms with E-state index in [-0.39, 0.29) is 6.04 Å². The summed E-state index contributed by atoms with van der Waals surface area (Å²) in [6, 6.07) is 10.6. The number of rotatable bonds is 3. The molecule has 1 aliphatic rings. The molecule has 0 radical (unpaired) electrons. The van der Waals surface area contributed by atoms with Crippen LogP contribution in [0.3, 0.4) is 0 Å². The molecule has 0 aromatic heterocycles. The second-order valence-corrected chi connectivity index (χ2v) is 6.66. The fourth-order valence-corrected chi connectivity index (χ4v) is 3.74. The van der Waals surface area contributed by atoms with E-state index in [2.05, 4.69) is 6.07 Å². The summed E-state index contributed by atoms with van der Waals surface area (Å²) in [5, 5.41) is 8.89. The Morgan fingerprint density at radius 1 is 1.26 bits per heavy atom. The van der Waals surface area contributed by atoms with Gasteiger partial charge in [-0.05, 0) is 12.1 Å². The molecule has 19 heavy (non-hydrogen) atoms. The largest absolute Gasteiger partial charge is 0.319 e. The van der Waals surface area contributed by atoms with E-state index in [9.17, 15) is 8.42 Å². The molecule has 2 rings (SSSR count). The number of benzene rings is 1. The number of piperazine rings is 1. The van der Waals surface area contributed by atoms with Gasteiger partial charge in [0.05, 0.1) is 31.1 Å². The van der Waals surface area contributed by atoms with Gasteiger partial charge in [-0.3, -0.25) is 0 Å². The molecule has 0 bridgehead atoms. The summed E-state index contributed by atoms with van der Waals surface area (Å²) >= 11 is 0. The lowest BCUT2D eigenvalue weighted by atomic mass is 10.2. The van der Waals surface area contributed by atoms with Gasteiger partial charge in [0, 0.05) is 6.92 Å². The molecule has 1 heterocycles. The summed E-state index contributed by atoms with van der Waals surface area (Å²) in [5.41, 5.74) is 0. The van der Waals surface area contributed by atoms with Crippen molar-refractivity contribution >= 4 is 10.0 Å². The van der Waals surface area contributed by atoms with Gasteiger partial charge in [0.15, 0.2) is 6.04 Å². The SMILES string of the molecule is C[C@H](C#N)[NH+]1CCN(S(=O)(=O)c2ccccc2)CC1. The monoisotopic (exact) mass is 280 g/mol. The second-order valence-electron chi connectivity index (χ2n) is 4.73. The van der Waals surface area contributed by atoms with Crippen LogP contribution in [0.2, 0.25) is 0 Å². The van der Waals surface area contributed by atoms with Gasteiger partial charge in [-0.25, -0.2) is 8.42 Å². The van der Waals surface area contributed by atoms with Crippen LogP contribution in [0, 0.1) is 11.3 Å². The first-order valence-corrected chi connectivity index (χ1v) is 7.79. The fraction of sp³-hybridized carbons (Fsp3) is 0.462. The molecule has 1 aromatic carbocycles. The first-order chi connectivity index (χ1) is 9.05. The van der Waals surface area contributed by atoms with E-state index in [1.165, 1.54) is 4.31 Å². The molecular weight excluding hydrogens is 262 g/mol. The Hall–Kier alpha value is -1.42. The maximum Gasteiger partial charge on any atom is 0.243 e. The zero-order chi connectivity index (χ0) is 13.9. The van der Waals surface area contributed by atoms with Gasteiger partial charge in [-0.1, -0.05) is 18.2 Å². The zero-order valence-corrected chi connectivity index (χ0v) is 11.7. The molecule has 1 atom stereocenters. The summed E-state index contributed by atoms with van der Waals surface area (Å²) in [6.07, 6.45) is 0. The van der Waals surface area contributed by atoms with Gasteiger partial charge < -0.3 is 4.90 Å². The van der Waals surface area contributed by atoms with Crippen molar-refractivity contribution in [3.8, 4) is 6.07 Å². The predicted molar refractivity (Wildman–Crippen MR) is 71.0 cm³/mol. The molecule has 0 amide bonds. The Bertz CT molecular complexity index is 557. The smallest absolute Gasteiger partial charge is 0.243 e. The number of sulfonamides is 1. The molecule has 0 saturated carbocycles. The van der Waals surface area contributed by atoms with Crippen LogP contribution in [-0.4, -0.2) is 44.9 Å². The van der Waals surface area contributed by atoms with E-state index < -0.39 is 10.0 Å². The Kier molecular flexibility index (Phi) is 4.20. The molecule has 5 nitrogen and oxygen atoms in total. The molecular formula is C13H18N3O2S+. The van der Waals surface area contributed by atoms with Gasteiger partial charge in [0.2, 0.25) is 10.0 Å². The van der Waals surface area contributed by atoms with Gasteiger partial charge in [-0.15, -0.1) is 0 Å². The molecule has 0 unspecified atom stereocenters. The molecule has 0 aliphatic carbocycles. The lowest BCUT2D eigenvalue weighted by Crippen LogP contribution is -3.17. The van der Waals surface area contributed by atoms with Crippen molar-refractivity contribution in [3.05, 3.63) is 30.3 Å². The number of hydrogen-bond donors (Lipinski definition) is 1. The van der Waals surface area contributed by atoms with Crippen LogP contribution in [0.4, 0.5) is 0 Å². The number of hydrogen-bond acceptors (Lipinski definition) is 3. The molecule has 0 spiro atoms. The highest BCUT2D eigenvalue weighted by Crippen LogP contribution is 2.14. The first-order valence-electron chi connectivity index (χ1n) is 6.35. The van der Waals surface area contributed by atoms with Gasteiger partial charge >= 0.3 is 0 Å². The molecule has 1 fully saturated rings. The standard InChI is InChI=1S/C13H17N3O2S/c1-12(11-14)15-7-9-16(10-8-15)19(17,18)13-5-3-2-4-6-13/h2-6,12H,7-10H2,1H3/p+1/t12-/m1/s1. The van der Waals surface area contributed by atoms with Crippen LogP contribution in [0.25, 0.3) is 0 Å². The van der Waals surface area contributed by atoms with E-state index in [0.717, 1.165) is 4.90 Å². The van der Waals surface area contributed by atoms with Crippen molar-refractivity contribution in [1.82, 2.24) is 4.31 Å². The average Bonchev–Trinajstić information content (AvgIpc) is 2.47. The predicted octanol–water partition coefficient (Wildman–Crippen LogP) is -0.512. The quantitative estimate of drug-likeness (QED) is 0.811. The molecule has 1 saturated heterocycles. The maximum atomic E-state index is 12.4. The third-order valence-corrected chi connectivity index (χ3v) is 5.46. The fourth-order valence-electron chi connectivity index (χ4n) is 2.28. The van der Waals surface area contributed by atoms with Crippen molar-refractivity contribution in [2.45, 2.75) is 17.9 Å². The van der Waals surface area contributed by atoms with Crippen LogP contribution in [0.5, 0.6) is 0 Å². The molecule has 6 heteroatoms. The number of nitrogens with one attached hydrogen (secondary N) is 1. The first kappa shape index (κ1) is 14.0. The second kappa shape index (κ2) is 5.70. The maximum absolute atomic E-state index is 12.4. The lowest BCUT2D eigenvalue weighted by molar-refractivity contribution is -0.918. The number of nitriles is 1. The van der Waals surface area contributed by atoms with Crippen molar-refractivity contribution in [1.29, 1.82) is 5.26 Å². The van der Waals surface area contributed by atoms with Crippen LogP contribution in [0.15, 0.2) is 35.2 Å². The third-order valence-electron chi connectivity index (χ3n) is 3.55. The van der Waals surface area contributed by atoms with Crippen molar-refractivity contribution in [2.24, 2.45) is 0 Å². The van der Waals surface area contributed by atoms with Crippen molar-refractivity contribution in [2.75, 3.05) is 26.2 Å².